The lowest BCUT2D eigenvalue weighted by Gasteiger charge is -2.33. The fourth-order valence-corrected chi connectivity index (χ4v) is 2.07. The van der Waals surface area contributed by atoms with Gasteiger partial charge in [-0.1, -0.05) is 6.58 Å². The molecule has 0 bridgehead atoms. The summed E-state index contributed by atoms with van der Waals surface area (Å²) < 4.78 is 5.33. The fraction of sp³-hybridized carbons (Fsp3) is 0.714. The number of carbonyl (C=O) groups excluding carboxylic acids is 2. The van der Waals surface area contributed by atoms with E-state index in [4.69, 9.17) is 4.74 Å². The molecular formula is C14H23NO3. The number of likely N-dealkylation sites (tertiary alicyclic amines) is 1. The molecular weight excluding hydrogens is 230 g/mol. The molecule has 1 aliphatic rings. The predicted octanol–water partition coefficient (Wildman–Crippen LogP) is 2.78. The molecule has 0 unspecified atom stereocenters. The number of hydrogen-bond donors (Lipinski definition) is 0. The van der Waals surface area contributed by atoms with Crippen molar-refractivity contribution < 1.29 is 14.3 Å². The first-order chi connectivity index (χ1) is 8.31. The minimum atomic E-state index is -0.445. The van der Waals surface area contributed by atoms with Crippen LogP contribution in [0.4, 0.5) is 4.79 Å². The summed E-state index contributed by atoms with van der Waals surface area (Å²) in [5.74, 6) is 0.460. The van der Waals surface area contributed by atoms with Crippen molar-refractivity contribution in [3.05, 3.63) is 12.2 Å². The van der Waals surface area contributed by atoms with Crippen molar-refractivity contribution in [1.82, 2.24) is 4.90 Å². The largest absolute Gasteiger partial charge is 0.444 e. The van der Waals surface area contributed by atoms with E-state index in [-0.39, 0.29) is 6.09 Å². The van der Waals surface area contributed by atoms with Crippen LogP contribution in [0.2, 0.25) is 0 Å². The second kappa shape index (κ2) is 6.03. The minimum absolute atomic E-state index is 0.241. The van der Waals surface area contributed by atoms with E-state index in [9.17, 15) is 9.59 Å². The van der Waals surface area contributed by atoms with E-state index in [1.807, 2.05) is 20.8 Å². The van der Waals surface area contributed by atoms with Crippen molar-refractivity contribution in [2.45, 2.75) is 45.6 Å². The van der Waals surface area contributed by atoms with E-state index in [0.29, 0.717) is 24.6 Å². The molecule has 1 heterocycles. The molecule has 18 heavy (non-hydrogen) atoms. The molecule has 1 saturated heterocycles. The number of piperidine rings is 1. The Hall–Kier alpha value is -1.32. The van der Waals surface area contributed by atoms with Crippen LogP contribution in [0.25, 0.3) is 0 Å². The molecule has 0 radical (unpaired) electrons. The highest BCUT2D eigenvalue weighted by atomic mass is 16.6. The Morgan fingerprint density at radius 2 is 1.94 bits per heavy atom. The van der Waals surface area contributed by atoms with Gasteiger partial charge in [0.2, 0.25) is 0 Å². The summed E-state index contributed by atoms with van der Waals surface area (Å²) in [6.07, 6.45) is 3.14. The normalized spacial score (nSPS) is 17.4. The number of nitrogens with zero attached hydrogens (tertiary/aromatic N) is 1. The maximum Gasteiger partial charge on any atom is 0.410 e. The zero-order valence-corrected chi connectivity index (χ0v) is 11.6. The quantitative estimate of drug-likeness (QED) is 0.574. The molecule has 1 rings (SSSR count). The molecule has 0 spiro atoms. The topological polar surface area (TPSA) is 46.6 Å². The van der Waals surface area contributed by atoms with Crippen LogP contribution in [-0.4, -0.2) is 36.0 Å². The van der Waals surface area contributed by atoms with Crippen LogP contribution in [0.1, 0.15) is 40.0 Å². The average Bonchev–Trinajstić information content (AvgIpc) is 2.27. The number of aldehydes is 1. The first-order valence-corrected chi connectivity index (χ1v) is 6.42. The summed E-state index contributed by atoms with van der Waals surface area (Å²) in [7, 11) is 0. The Balaban J connectivity index is 2.37. The van der Waals surface area contributed by atoms with Crippen molar-refractivity contribution in [2.75, 3.05) is 13.1 Å². The van der Waals surface area contributed by atoms with Crippen LogP contribution in [0.5, 0.6) is 0 Å². The number of amides is 1. The Bertz CT molecular complexity index is 322. The van der Waals surface area contributed by atoms with Crippen molar-refractivity contribution in [3.8, 4) is 0 Å². The van der Waals surface area contributed by atoms with Gasteiger partial charge in [-0.3, -0.25) is 4.79 Å². The summed E-state index contributed by atoms with van der Waals surface area (Å²) in [5, 5.41) is 0. The Morgan fingerprint density at radius 3 is 2.39 bits per heavy atom. The molecule has 1 fully saturated rings. The number of hydrogen-bond acceptors (Lipinski definition) is 3. The zero-order valence-electron chi connectivity index (χ0n) is 11.6. The second-order valence-electron chi connectivity index (χ2n) is 5.89. The highest BCUT2D eigenvalue weighted by molar-refractivity contribution is 5.72. The second-order valence-corrected chi connectivity index (χ2v) is 5.89. The smallest absolute Gasteiger partial charge is 0.410 e. The standard InChI is InChI=1S/C14H23NO3/c1-11(10-16)9-12-5-7-15(8-6-12)13(17)18-14(2,3)4/h10,12H,1,5-9H2,2-4H3. The van der Waals surface area contributed by atoms with Crippen molar-refractivity contribution in [3.63, 3.8) is 0 Å². The third kappa shape index (κ3) is 4.90. The number of rotatable bonds is 3. The van der Waals surface area contributed by atoms with Gasteiger partial charge in [0.25, 0.3) is 0 Å². The third-order valence-electron chi connectivity index (χ3n) is 2.98. The Labute approximate surface area is 109 Å². The molecule has 4 heteroatoms. The fourth-order valence-electron chi connectivity index (χ4n) is 2.07. The number of ether oxygens (including phenoxy) is 1. The maximum atomic E-state index is 11.8. The van der Waals surface area contributed by atoms with E-state index in [1.54, 1.807) is 4.90 Å². The SMILES string of the molecule is C=C(C=O)CC1CCN(C(=O)OC(C)(C)C)CC1. The zero-order chi connectivity index (χ0) is 13.8. The summed E-state index contributed by atoms with van der Waals surface area (Å²) in [6.45, 7) is 10.7. The van der Waals surface area contributed by atoms with Gasteiger partial charge in [0.1, 0.15) is 11.9 Å². The Morgan fingerprint density at radius 1 is 1.39 bits per heavy atom. The van der Waals surface area contributed by atoms with Gasteiger partial charge in [-0.05, 0) is 51.5 Å². The molecule has 4 nitrogen and oxygen atoms in total. The molecule has 0 atom stereocenters. The summed E-state index contributed by atoms with van der Waals surface area (Å²) in [6, 6.07) is 0. The lowest BCUT2D eigenvalue weighted by atomic mass is 9.91. The Kier molecular flexibility index (Phi) is 4.93. The van der Waals surface area contributed by atoms with E-state index in [1.165, 1.54) is 0 Å². The van der Waals surface area contributed by atoms with Gasteiger partial charge in [0.05, 0.1) is 0 Å². The highest BCUT2D eigenvalue weighted by Crippen LogP contribution is 2.24. The highest BCUT2D eigenvalue weighted by Gasteiger charge is 2.26. The van der Waals surface area contributed by atoms with Crippen LogP contribution < -0.4 is 0 Å². The molecule has 0 N–H and O–H groups in total. The van der Waals surface area contributed by atoms with Crippen molar-refractivity contribution in [1.29, 1.82) is 0 Å². The first-order valence-electron chi connectivity index (χ1n) is 6.42. The lowest BCUT2D eigenvalue weighted by molar-refractivity contribution is -0.105. The summed E-state index contributed by atoms with van der Waals surface area (Å²) in [5.41, 5.74) is 0.199. The molecule has 0 aromatic heterocycles. The molecule has 102 valence electrons. The summed E-state index contributed by atoms with van der Waals surface area (Å²) in [4.78, 5) is 24.1. The van der Waals surface area contributed by atoms with Crippen LogP contribution in [0.15, 0.2) is 12.2 Å². The van der Waals surface area contributed by atoms with Gasteiger partial charge in [-0.25, -0.2) is 4.79 Å². The van der Waals surface area contributed by atoms with E-state index < -0.39 is 5.60 Å². The molecule has 1 amide bonds. The van der Waals surface area contributed by atoms with Crippen LogP contribution in [0.3, 0.4) is 0 Å². The average molecular weight is 253 g/mol. The number of carbonyl (C=O) groups is 2. The van der Waals surface area contributed by atoms with E-state index in [2.05, 4.69) is 6.58 Å². The molecule has 0 aliphatic carbocycles. The van der Waals surface area contributed by atoms with Gasteiger partial charge in [0.15, 0.2) is 0 Å². The van der Waals surface area contributed by atoms with Gasteiger partial charge in [-0.15, -0.1) is 0 Å². The van der Waals surface area contributed by atoms with Crippen LogP contribution in [0, 0.1) is 5.92 Å². The van der Waals surface area contributed by atoms with E-state index in [0.717, 1.165) is 25.5 Å². The van der Waals surface area contributed by atoms with Crippen molar-refractivity contribution >= 4 is 12.4 Å². The maximum absolute atomic E-state index is 11.8. The monoisotopic (exact) mass is 253 g/mol. The van der Waals surface area contributed by atoms with Gasteiger partial charge < -0.3 is 9.64 Å². The van der Waals surface area contributed by atoms with Crippen molar-refractivity contribution in [2.24, 2.45) is 5.92 Å². The predicted molar refractivity (Wildman–Crippen MR) is 70.4 cm³/mol. The van der Waals surface area contributed by atoms with Crippen LogP contribution >= 0.6 is 0 Å². The van der Waals surface area contributed by atoms with Gasteiger partial charge >= 0.3 is 6.09 Å². The van der Waals surface area contributed by atoms with Gasteiger partial charge in [-0.2, -0.15) is 0 Å². The van der Waals surface area contributed by atoms with Crippen LogP contribution in [-0.2, 0) is 9.53 Å². The van der Waals surface area contributed by atoms with E-state index >= 15 is 0 Å². The lowest BCUT2D eigenvalue weighted by Crippen LogP contribution is -2.41. The molecule has 1 aliphatic heterocycles. The van der Waals surface area contributed by atoms with Gasteiger partial charge in [0, 0.05) is 13.1 Å². The minimum Gasteiger partial charge on any atom is -0.444 e. The molecule has 0 saturated carbocycles. The molecule has 0 aromatic carbocycles. The number of allylic oxidation sites excluding steroid dienone is 1. The third-order valence-corrected chi connectivity index (χ3v) is 2.98. The summed E-state index contributed by atoms with van der Waals surface area (Å²) >= 11 is 0. The molecule has 0 aromatic rings. The first kappa shape index (κ1) is 14.7.